The highest BCUT2D eigenvalue weighted by molar-refractivity contribution is 5.75. The van der Waals surface area contributed by atoms with Crippen molar-refractivity contribution >= 4 is 5.96 Å². The lowest BCUT2D eigenvalue weighted by molar-refractivity contribution is 0.346. The van der Waals surface area contributed by atoms with E-state index in [-0.39, 0.29) is 5.96 Å². The molecule has 0 saturated heterocycles. The molecule has 1 aliphatic heterocycles. The SMILES string of the molecule is NC(N)=NCCC1=CNCN1Cc1ccccc1-c1nn[nH]n1. The van der Waals surface area contributed by atoms with Crippen LogP contribution < -0.4 is 16.8 Å². The summed E-state index contributed by atoms with van der Waals surface area (Å²) in [6.45, 7) is 2.06. The fraction of sp³-hybridized carbons (Fsp3) is 0.286. The van der Waals surface area contributed by atoms with Crippen LogP contribution in [-0.2, 0) is 6.54 Å². The van der Waals surface area contributed by atoms with Gasteiger partial charge in [0, 0.05) is 37.0 Å². The summed E-state index contributed by atoms with van der Waals surface area (Å²) in [6, 6.07) is 8.03. The molecule has 3 rings (SSSR count). The second-order valence-corrected chi connectivity index (χ2v) is 5.15. The first-order valence-corrected chi connectivity index (χ1v) is 7.28. The van der Waals surface area contributed by atoms with Crippen molar-refractivity contribution in [1.29, 1.82) is 0 Å². The van der Waals surface area contributed by atoms with Gasteiger partial charge in [0.1, 0.15) is 0 Å². The summed E-state index contributed by atoms with van der Waals surface area (Å²) in [5, 5.41) is 17.5. The predicted molar refractivity (Wildman–Crippen MR) is 86.5 cm³/mol. The number of guanidine groups is 1. The number of aliphatic imine (C=N–C) groups is 1. The molecule has 9 heteroatoms. The second kappa shape index (κ2) is 6.77. The van der Waals surface area contributed by atoms with Crippen LogP contribution in [0.4, 0.5) is 0 Å². The number of benzene rings is 1. The summed E-state index contributed by atoms with van der Waals surface area (Å²) in [5.41, 5.74) is 14.0. The highest BCUT2D eigenvalue weighted by Crippen LogP contribution is 2.23. The van der Waals surface area contributed by atoms with Crippen molar-refractivity contribution in [2.75, 3.05) is 13.2 Å². The summed E-state index contributed by atoms with van der Waals surface area (Å²) >= 11 is 0. The predicted octanol–water partition coefficient (Wildman–Crippen LogP) is -0.266. The van der Waals surface area contributed by atoms with Gasteiger partial charge >= 0.3 is 0 Å². The maximum Gasteiger partial charge on any atom is 0.205 e. The molecular formula is C14H19N9. The van der Waals surface area contributed by atoms with Crippen LogP contribution in [0.3, 0.4) is 0 Å². The lowest BCUT2D eigenvalue weighted by atomic mass is 10.1. The number of aromatic nitrogens is 4. The van der Waals surface area contributed by atoms with Crippen molar-refractivity contribution in [2.45, 2.75) is 13.0 Å². The van der Waals surface area contributed by atoms with E-state index in [1.54, 1.807) is 0 Å². The molecule has 0 atom stereocenters. The molecule has 6 N–H and O–H groups in total. The molecule has 1 aromatic carbocycles. The van der Waals surface area contributed by atoms with Gasteiger partial charge in [0.25, 0.3) is 0 Å². The lowest BCUT2D eigenvalue weighted by Gasteiger charge is -2.22. The van der Waals surface area contributed by atoms with Crippen LogP contribution in [0, 0.1) is 0 Å². The van der Waals surface area contributed by atoms with Crippen LogP contribution in [0.2, 0.25) is 0 Å². The average molecular weight is 313 g/mol. The molecule has 23 heavy (non-hydrogen) atoms. The number of rotatable bonds is 6. The number of nitrogens with one attached hydrogen (secondary N) is 2. The first kappa shape index (κ1) is 14.8. The van der Waals surface area contributed by atoms with Crippen molar-refractivity contribution in [2.24, 2.45) is 16.5 Å². The Kier molecular flexibility index (Phi) is 4.37. The van der Waals surface area contributed by atoms with E-state index in [2.05, 4.69) is 41.9 Å². The third-order valence-corrected chi connectivity index (χ3v) is 3.58. The van der Waals surface area contributed by atoms with Gasteiger partial charge in [-0.05, 0) is 10.8 Å². The quantitative estimate of drug-likeness (QED) is 0.426. The highest BCUT2D eigenvalue weighted by Gasteiger charge is 2.17. The summed E-state index contributed by atoms with van der Waals surface area (Å²) in [6.07, 6.45) is 2.77. The molecule has 0 saturated carbocycles. The Hall–Kier alpha value is -3.10. The number of aromatic amines is 1. The highest BCUT2D eigenvalue weighted by atomic mass is 15.5. The number of H-pyrrole nitrogens is 1. The smallest absolute Gasteiger partial charge is 0.205 e. The van der Waals surface area contributed by atoms with Crippen LogP contribution in [-0.4, -0.2) is 44.7 Å². The van der Waals surface area contributed by atoms with Gasteiger partial charge in [-0.1, -0.05) is 24.3 Å². The average Bonchev–Trinajstić information content (AvgIpc) is 3.20. The maximum absolute atomic E-state index is 5.37. The Labute approximate surface area is 133 Å². The van der Waals surface area contributed by atoms with Crippen molar-refractivity contribution in [1.82, 2.24) is 30.8 Å². The third kappa shape index (κ3) is 3.57. The van der Waals surface area contributed by atoms with Crippen molar-refractivity contribution in [3.05, 3.63) is 41.7 Å². The van der Waals surface area contributed by atoms with E-state index in [9.17, 15) is 0 Å². The molecule has 0 radical (unpaired) electrons. The first-order valence-electron chi connectivity index (χ1n) is 7.28. The molecule has 0 spiro atoms. The fourth-order valence-corrected chi connectivity index (χ4v) is 2.51. The third-order valence-electron chi connectivity index (χ3n) is 3.58. The topological polar surface area (TPSA) is 134 Å². The van der Waals surface area contributed by atoms with Crippen LogP contribution in [0.5, 0.6) is 0 Å². The number of nitrogens with zero attached hydrogens (tertiary/aromatic N) is 5. The standard InChI is InChI=1S/C14H19N9/c15-14(16)18-6-5-11-7-17-9-23(11)8-10-3-1-2-4-12(10)13-19-21-22-20-13/h1-4,7,17H,5-6,8-9H2,(H4,15,16,18)(H,19,20,21,22). The molecule has 0 bridgehead atoms. The lowest BCUT2D eigenvalue weighted by Crippen LogP contribution is -2.25. The van der Waals surface area contributed by atoms with Crippen molar-refractivity contribution in [3.8, 4) is 11.4 Å². The maximum atomic E-state index is 5.37. The van der Waals surface area contributed by atoms with E-state index in [4.69, 9.17) is 11.5 Å². The molecule has 0 fully saturated rings. The first-order chi connectivity index (χ1) is 11.2. The molecular weight excluding hydrogens is 294 g/mol. The summed E-state index contributed by atoms with van der Waals surface area (Å²) in [4.78, 5) is 6.27. The summed E-state index contributed by atoms with van der Waals surface area (Å²) < 4.78 is 0. The van der Waals surface area contributed by atoms with Gasteiger partial charge in [0.2, 0.25) is 5.82 Å². The van der Waals surface area contributed by atoms with Crippen LogP contribution >= 0.6 is 0 Å². The van der Waals surface area contributed by atoms with E-state index < -0.39 is 0 Å². The van der Waals surface area contributed by atoms with Crippen molar-refractivity contribution in [3.63, 3.8) is 0 Å². The zero-order chi connectivity index (χ0) is 16.1. The molecule has 0 amide bonds. The van der Waals surface area contributed by atoms with E-state index in [0.717, 1.165) is 36.5 Å². The Morgan fingerprint density at radius 1 is 1.30 bits per heavy atom. The minimum Gasteiger partial charge on any atom is -0.372 e. The van der Waals surface area contributed by atoms with E-state index >= 15 is 0 Å². The molecule has 1 aliphatic rings. The van der Waals surface area contributed by atoms with E-state index in [0.29, 0.717) is 12.4 Å². The minimum absolute atomic E-state index is 0.116. The fourth-order valence-electron chi connectivity index (χ4n) is 2.51. The van der Waals surface area contributed by atoms with Gasteiger partial charge in [-0.25, -0.2) is 0 Å². The van der Waals surface area contributed by atoms with Gasteiger partial charge in [-0.2, -0.15) is 5.21 Å². The van der Waals surface area contributed by atoms with Crippen LogP contribution in [0.25, 0.3) is 11.4 Å². The molecule has 2 aromatic rings. The summed E-state index contributed by atoms with van der Waals surface area (Å²) in [5.74, 6) is 0.712. The number of nitrogens with two attached hydrogens (primary N) is 2. The zero-order valence-electron chi connectivity index (χ0n) is 12.6. The van der Waals surface area contributed by atoms with Gasteiger partial charge in [0.15, 0.2) is 5.96 Å². The number of tetrazole rings is 1. The summed E-state index contributed by atoms with van der Waals surface area (Å²) in [7, 11) is 0. The minimum atomic E-state index is 0.116. The van der Waals surface area contributed by atoms with Crippen LogP contribution in [0.1, 0.15) is 12.0 Å². The Morgan fingerprint density at radius 3 is 2.96 bits per heavy atom. The molecule has 1 aromatic heterocycles. The number of hydrogen-bond acceptors (Lipinski definition) is 6. The molecule has 120 valence electrons. The van der Waals surface area contributed by atoms with Gasteiger partial charge in [-0.15, -0.1) is 10.2 Å². The van der Waals surface area contributed by atoms with Crippen molar-refractivity contribution < 1.29 is 0 Å². The molecule has 9 nitrogen and oxygen atoms in total. The Bertz CT molecular complexity index is 701. The monoisotopic (exact) mass is 313 g/mol. The van der Waals surface area contributed by atoms with E-state index in [1.807, 2.05) is 24.4 Å². The zero-order valence-corrected chi connectivity index (χ0v) is 12.6. The van der Waals surface area contributed by atoms with Crippen LogP contribution in [0.15, 0.2) is 41.2 Å². The molecule has 2 heterocycles. The Balaban J connectivity index is 1.72. The largest absolute Gasteiger partial charge is 0.372 e. The normalized spacial score (nSPS) is 13.6. The Morgan fingerprint density at radius 2 is 2.17 bits per heavy atom. The second-order valence-electron chi connectivity index (χ2n) is 5.15. The van der Waals surface area contributed by atoms with Gasteiger partial charge in [0.05, 0.1) is 6.67 Å². The van der Waals surface area contributed by atoms with E-state index in [1.165, 1.54) is 0 Å². The molecule has 0 aliphatic carbocycles. The van der Waals surface area contributed by atoms with Gasteiger partial charge < -0.3 is 21.7 Å². The number of hydrogen-bond donors (Lipinski definition) is 4. The van der Waals surface area contributed by atoms with Gasteiger partial charge in [-0.3, -0.25) is 4.99 Å². The molecule has 0 unspecified atom stereocenters.